The van der Waals surface area contributed by atoms with Crippen LogP contribution in [0, 0.1) is 12.3 Å². The predicted octanol–water partition coefficient (Wildman–Crippen LogP) is 2.05. The van der Waals surface area contributed by atoms with Crippen molar-refractivity contribution < 1.29 is 8.42 Å². The molecular weight excluding hydrogens is 258 g/mol. The van der Waals surface area contributed by atoms with Gasteiger partial charge >= 0.3 is 0 Å². The second kappa shape index (κ2) is 5.27. The van der Waals surface area contributed by atoms with Gasteiger partial charge in [0.05, 0.1) is 0 Å². The van der Waals surface area contributed by atoms with Crippen molar-refractivity contribution in [2.45, 2.75) is 5.25 Å². The van der Waals surface area contributed by atoms with Gasteiger partial charge in [-0.2, -0.15) is 0 Å². The second-order valence-corrected chi connectivity index (χ2v) is 5.76. The van der Waals surface area contributed by atoms with E-state index in [1.54, 1.807) is 48.5 Å². The Hall–Kier alpha value is -2.09. The molecule has 1 unspecified atom stereocenters. The largest absolute Gasteiger partial charge is 0.228 e. The quantitative estimate of drug-likeness (QED) is 0.868. The first-order valence-corrected chi connectivity index (χ1v) is 7.27. The van der Waals surface area contributed by atoms with E-state index in [2.05, 4.69) is 5.92 Å². The molecule has 0 saturated heterocycles. The molecule has 3 nitrogen and oxygen atoms in total. The number of hydrogen-bond donors (Lipinski definition) is 1. The minimum absolute atomic E-state index is 0.527. The summed E-state index contributed by atoms with van der Waals surface area (Å²) in [6, 6.07) is 15.7. The van der Waals surface area contributed by atoms with E-state index in [9.17, 15) is 8.42 Å². The molecule has 0 radical (unpaired) electrons. The van der Waals surface area contributed by atoms with Crippen LogP contribution in [0.2, 0.25) is 0 Å². The number of rotatable bonds is 3. The summed E-state index contributed by atoms with van der Waals surface area (Å²) >= 11 is 0. The minimum atomic E-state index is -3.80. The molecule has 0 aromatic heterocycles. The Labute approximate surface area is 113 Å². The highest BCUT2D eigenvalue weighted by Crippen LogP contribution is 2.30. The maximum atomic E-state index is 11.9. The van der Waals surface area contributed by atoms with Crippen LogP contribution in [0.3, 0.4) is 0 Å². The SMILES string of the molecule is C#Cc1ccccc1C(c1ccccc1)S(N)(=O)=O. The first-order valence-electron chi connectivity index (χ1n) is 5.66. The van der Waals surface area contributed by atoms with Gasteiger partial charge in [-0.05, 0) is 17.2 Å². The smallest absolute Gasteiger partial charge is 0.220 e. The fourth-order valence-electron chi connectivity index (χ4n) is 2.03. The molecule has 2 aromatic carbocycles. The molecule has 0 bridgehead atoms. The van der Waals surface area contributed by atoms with E-state index in [0.717, 1.165) is 0 Å². The summed E-state index contributed by atoms with van der Waals surface area (Å²) in [7, 11) is -3.80. The third-order valence-electron chi connectivity index (χ3n) is 2.83. The van der Waals surface area contributed by atoms with Crippen molar-refractivity contribution in [1.82, 2.24) is 0 Å². The molecular formula is C15H13NO2S. The fourth-order valence-corrected chi connectivity index (χ4v) is 3.13. The third-order valence-corrected chi connectivity index (χ3v) is 4.01. The van der Waals surface area contributed by atoms with Gasteiger partial charge in [0.2, 0.25) is 10.0 Å². The van der Waals surface area contributed by atoms with Crippen LogP contribution in [0.15, 0.2) is 54.6 Å². The van der Waals surface area contributed by atoms with E-state index in [1.807, 2.05) is 6.07 Å². The first kappa shape index (κ1) is 13.3. The Balaban J connectivity index is 2.68. The second-order valence-electron chi connectivity index (χ2n) is 4.11. The van der Waals surface area contributed by atoms with Crippen molar-refractivity contribution >= 4 is 10.0 Å². The topological polar surface area (TPSA) is 60.2 Å². The molecule has 2 rings (SSSR count). The van der Waals surface area contributed by atoms with Crippen LogP contribution in [-0.4, -0.2) is 8.42 Å². The van der Waals surface area contributed by atoms with Gasteiger partial charge in [-0.1, -0.05) is 54.5 Å². The van der Waals surface area contributed by atoms with E-state index in [1.165, 1.54) is 0 Å². The van der Waals surface area contributed by atoms with Crippen molar-refractivity contribution in [3.63, 3.8) is 0 Å². The maximum absolute atomic E-state index is 11.9. The van der Waals surface area contributed by atoms with Crippen molar-refractivity contribution in [3.8, 4) is 12.3 Å². The molecule has 0 aliphatic carbocycles. The average molecular weight is 271 g/mol. The van der Waals surface area contributed by atoms with Crippen molar-refractivity contribution in [2.24, 2.45) is 5.14 Å². The first-order chi connectivity index (χ1) is 9.04. The molecule has 0 aliphatic heterocycles. The lowest BCUT2D eigenvalue weighted by Gasteiger charge is -2.17. The van der Waals surface area contributed by atoms with E-state index >= 15 is 0 Å². The number of benzene rings is 2. The molecule has 0 fully saturated rings. The maximum Gasteiger partial charge on any atom is 0.220 e. The molecule has 96 valence electrons. The van der Waals surface area contributed by atoms with Crippen LogP contribution >= 0.6 is 0 Å². The van der Waals surface area contributed by atoms with Gasteiger partial charge in [-0.3, -0.25) is 0 Å². The Kier molecular flexibility index (Phi) is 3.70. The van der Waals surface area contributed by atoms with E-state index in [0.29, 0.717) is 16.7 Å². The third kappa shape index (κ3) is 2.84. The minimum Gasteiger partial charge on any atom is -0.228 e. The number of primary sulfonamides is 1. The standard InChI is InChI=1S/C15H13NO2S/c1-2-12-8-6-7-11-14(12)15(19(16,17)18)13-9-4-3-5-10-13/h1,3-11,15H,(H2,16,17,18). The molecule has 19 heavy (non-hydrogen) atoms. The zero-order valence-corrected chi connectivity index (χ0v) is 11.0. The summed E-state index contributed by atoms with van der Waals surface area (Å²) in [5, 5.41) is 4.43. The Morgan fingerprint density at radius 2 is 1.58 bits per heavy atom. The lowest BCUT2D eigenvalue weighted by Crippen LogP contribution is -2.23. The fraction of sp³-hybridized carbons (Fsp3) is 0.0667. The van der Waals surface area contributed by atoms with Crippen LogP contribution in [0.25, 0.3) is 0 Å². The number of sulfonamides is 1. The van der Waals surface area contributed by atoms with Crippen molar-refractivity contribution in [2.75, 3.05) is 0 Å². The summed E-state index contributed by atoms with van der Waals surface area (Å²) in [5.74, 6) is 2.50. The van der Waals surface area contributed by atoms with Crippen LogP contribution in [0.5, 0.6) is 0 Å². The Morgan fingerprint density at radius 1 is 1.00 bits per heavy atom. The van der Waals surface area contributed by atoms with Gasteiger partial charge in [0.15, 0.2) is 0 Å². The summed E-state index contributed by atoms with van der Waals surface area (Å²) in [6.45, 7) is 0. The van der Waals surface area contributed by atoms with Crippen LogP contribution < -0.4 is 5.14 Å². The van der Waals surface area contributed by atoms with E-state index < -0.39 is 15.3 Å². The molecule has 2 N–H and O–H groups in total. The van der Waals surface area contributed by atoms with Gasteiger partial charge in [0.1, 0.15) is 5.25 Å². The van der Waals surface area contributed by atoms with Crippen LogP contribution in [0.1, 0.15) is 21.9 Å². The highest BCUT2D eigenvalue weighted by atomic mass is 32.2. The molecule has 1 atom stereocenters. The predicted molar refractivity (Wildman–Crippen MR) is 75.8 cm³/mol. The molecule has 0 amide bonds. The van der Waals surface area contributed by atoms with E-state index in [-0.39, 0.29) is 0 Å². The summed E-state index contributed by atoms with van der Waals surface area (Å²) in [5.41, 5.74) is 1.66. The van der Waals surface area contributed by atoms with Gasteiger partial charge in [0.25, 0.3) is 0 Å². The van der Waals surface area contributed by atoms with E-state index in [4.69, 9.17) is 11.6 Å². The van der Waals surface area contributed by atoms with Crippen molar-refractivity contribution in [1.29, 1.82) is 0 Å². The highest BCUT2D eigenvalue weighted by molar-refractivity contribution is 7.89. The Bertz CT molecular complexity index is 715. The number of terminal acetylenes is 1. The van der Waals surface area contributed by atoms with Crippen LogP contribution in [-0.2, 0) is 10.0 Å². The lowest BCUT2D eigenvalue weighted by molar-refractivity contribution is 0.591. The molecule has 4 heteroatoms. The zero-order chi connectivity index (χ0) is 13.9. The molecule has 0 heterocycles. The molecule has 0 saturated carbocycles. The average Bonchev–Trinajstić information content (AvgIpc) is 2.39. The van der Waals surface area contributed by atoms with Gasteiger partial charge < -0.3 is 0 Å². The Morgan fingerprint density at radius 3 is 2.16 bits per heavy atom. The van der Waals surface area contributed by atoms with Gasteiger partial charge in [-0.25, -0.2) is 13.6 Å². The number of hydrogen-bond acceptors (Lipinski definition) is 2. The van der Waals surface area contributed by atoms with Gasteiger partial charge in [-0.15, -0.1) is 6.42 Å². The lowest BCUT2D eigenvalue weighted by atomic mass is 9.99. The molecule has 0 aliphatic rings. The summed E-state index contributed by atoms with van der Waals surface area (Å²) < 4.78 is 23.8. The monoisotopic (exact) mass is 271 g/mol. The summed E-state index contributed by atoms with van der Waals surface area (Å²) in [4.78, 5) is 0. The van der Waals surface area contributed by atoms with Gasteiger partial charge in [0, 0.05) is 5.56 Å². The highest BCUT2D eigenvalue weighted by Gasteiger charge is 2.27. The number of nitrogens with two attached hydrogens (primary N) is 1. The molecule has 2 aromatic rings. The zero-order valence-electron chi connectivity index (χ0n) is 10.2. The van der Waals surface area contributed by atoms with Crippen LogP contribution in [0.4, 0.5) is 0 Å². The summed E-state index contributed by atoms with van der Waals surface area (Å²) in [6.07, 6.45) is 5.42. The molecule has 0 spiro atoms. The van der Waals surface area contributed by atoms with Crippen molar-refractivity contribution in [3.05, 3.63) is 71.3 Å². The normalized spacial score (nSPS) is 12.6.